The van der Waals surface area contributed by atoms with Crippen LogP contribution in [0.1, 0.15) is 11.1 Å². The smallest absolute Gasteiger partial charge is 0.231 e. The summed E-state index contributed by atoms with van der Waals surface area (Å²) < 4.78 is 4.63. The highest BCUT2D eigenvalue weighted by Crippen LogP contribution is 2.07. The van der Waals surface area contributed by atoms with Crippen LogP contribution in [0.15, 0.2) is 60.7 Å². The second-order valence-corrected chi connectivity index (χ2v) is 4.41. The van der Waals surface area contributed by atoms with Crippen LogP contribution in [0.25, 0.3) is 0 Å². The third-order valence-electron chi connectivity index (χ3n) is 2.57. The zero-order chi connectivity index (χ0) is 19.9. The first-order valence-electron chi connectivity index (χ1n) is 7.65. The van der Waals surface area contributed by atoms with Crippen molar-refractivity contribution in [3.63, 3.8) is 0 Å². The number of rotatable bonds is 6. The maximum Gasteiger partial charge on any atom is 0.231 e. The van der Waals surface area contributed by atoms with Crippen LogP contribution in [0.4, 0.5) is 0 Å². The van der Waals surface area contributed by atoms with Gasteiger partial charge in [-0.25, -0.2) is 20.4 Å². The number of benzene rings is 2. The van der Waals surface area contributed by atoms with Gasteiger partial charge in [0.05, 0.1) is 26.4 Å². The average Bonchev–Trinajstić information content (AvgIpc) is 2.66. The summed E-state index contributed by atoms with van der Waals surface area (Å²) in [4.78, 5) is 16.7. The largest absolute Gasteiger partial charge is 0.394 e. The van der Waals surface area contributed by atoms with Crippen LogP contribution in [0.2, 0.25) is 0 Å². The second kappa shape index (κ2) is 22.1. The van der Waals surface area contributed by atoms with Crippen molar-refractivity contribution < 1.29 is 24.5 Å². The molecule has 0 bridgehead atoms. The van der Waals surface area contributed by atoms with Gasteiger partial charge in [-0.3, -0.25) is 0 Å². The number of ether oxygens (including phenoxy) is 1. The Morgan fingerprint density at radius 2 is 1.04 bits per heavy atom. The van der Waals surface area contributed by atoms with E-state index in [1.54, 1.807) is 0 Å². The highest BCUT2D eigenvalue weighted by atomic mass is 16.5. The molecule has 0 heterocycles. The van der Waals surface area contributed by atoms with Crippen molar-refractivity contribution >= 4 is 12.2 Å². The van der Waals surface area contributed by atoms with E-state index in [1.165, 1.54) is 11.1 Å². The first-order valence-corrected chi connectivity index (χ1v) is 7.65. The Hall–Kier alpha value is -2.92. The molecular formula is C19H24N2O5. The summed E-state index contributed by atoms with van der Waals surface area (Å²) in [6.07, 6.45) is 2.53. The van der Waals surface area contributed by atoms with Crippen molar-refractivity contribution in [2.24, 2.45) is 0 Å². The lowest BCUT2D eigenvalue weighted by molar-refractivity contribution is 0.0650. The van der Waals surface area contributed by atoms with Crippen LogP contribution in [0.3, 0.4) is 0 Å². The third-order valence-corrected chi connectivity index (χ3v) is 2.57. The van der Waals surface area contributed by atoms with E-state index in [0.29, 0.717) is 13.2 Å². The van der Waals surface area contributed by atoms with Gasteiger partial charge in [-0.15, -0.1) is 0 Å². The highest BCUT2D eigenvalue weighted by molar-refractivity contribution is 5.26. The molecule has 0 spiro atoms. The summed E-state index contributed by atoms with van der Waals surface area (Å²) in [5.41, 5.74) is 2.74. The lowest BCUT2D eigenvalue weighted by Gasteiger charge is -2.00. The van der Waals surface area contributed by atoms with Gasteiger partial charge in [-0.2, -0.15) is 0 Å². The minimum Gasteiger partial charge on any atom is -0.394 e. The molecule has 0 unspecified atom stereocenters. The molecule has 2 rings (SSSR count). The Labute approximate surface area is 152 Å². The Kier molecular flexibility index (Phi) is 21.5. The number of nitrogens with one attached hydrogen (secondary N) is 2. The van der Waals surface area contributed by atoms with E-state index < -0.39 is 0 Å². The predicted octanol–water partition coefficient (Wildman–Crippen LogP) is 2.07. The van der Waals surface area contributed by atoms with Crippen LogP contribution in [0.5, 0.6) is 0 Å². The van der Waals surface area contributed by atoms with Gasteiger partial charge in [0, 0.05) is 0 Å². The predicted molar refractivity (Wildman–Crippen MR) is 97.5 cm³/mol. The van der Waals surface area contributed by atoms with Crippen LogP contribution in [0, 0.1) is 10.8 Å². The third kappa shape index (κ3) is 19.1. The van der Waals surface area contributed by atoms with Gasteiger partial charge in [0.25, 0.3) is 0 Å². The average molecular weight is 360 g/mol. The molecule has 0 saturated carbocycles. The van der Waals surface area contributed by atoms with Crippen molar-refractivity contribution in [2.45, 2.75) is 6.42 Å². The fourth-order valence-electron chi connectivity index (χ4n) is 1.66. The van der Waals surface area contributed by atoms with E-state index in [9.17, 15) is 0 Å². The Morgan fingerprint density at radius 3 is 1.31 bits per heavy atom. The van der Waals surface area contributed by atoms with Crippen molar-refractivity contribution in [1.29, 1.82) is 10.8 Å². The zero-order valence-corrected chi connectivity index (χ0v) is 14.4. The lowest BCUT2D eigenvalue weighted by atomic mass is 10.1. The van der Waals surface area contributed by atoms with Crippen LogP contribution >= 0.6 is 0 Å². The van der Waals surface area contributed by atoms with Gasteiger partial charge < -0.3 is 14.9 Å². The van der Waals surface area contributed by atoms with Gasteiger partial charge in [0.15, 0.2) is 0 Å². The summed E-state index contributed by atoms with van der Waals surface area (Å²) in [7, 11) is 0. The summed E-state index contributed by atoms with van der Waals surface area (Å²) in [5, 5.41) is 27.0. The van der Waals surface area contributed by atoms with Gasteiger partial charge >= 0.3 is 0 Å². The molecule has 0 fully saturated rings. The van der Waals surface area contributed by atoms with Crippen molar-refractivity contribution in [2.75, 3.05) is 26.4 Å². The molecule has 0 amide bonds. The molecule has 26 heavy (non-hydrogen) atoms. The fourth-order valence-corrected chi connectivity index (χ4v) is 1.66. The van der Waals surface area contributed by atoms with Gasteiger partial charge in [-0.05, 0) is 17.5 Å². The Balaban J connectivity index is 0. The van der Waals surface area contributed by atoms with Gasteiger partial charge in [0.2, 0.25) is 12.2 Å². The first kappa shape index (κ1) is 25.3. The second-order valence-electron chi connectivity index (χ2n) is 4.41. The van der Waals surface area contributed by atoms with E-state index in [-0.39, 0.29) is 13.2 Å². The molecule has 2 aromatic carbocycles. The highest BCUT2D eigenvalue weighted by Gasteiger charge is 1.92. The molecular weight excluding hydrogens is 336 g/mol. The van der Waals surface area contributed by atoms with E-state index in [0.717, 1.165) is 18.6 Å². The standard InChI is InChI=1S/C13H12.C4H10O3.2CHNO/c1-3-7-12(8-4-1)11-13-9-5-2-6-10-13;5-1-3-7-4-2-6;2*2-1-3/h1-10H,11H2;5-6H,1-4H2;2*2H. The number of isocyanates is 2. The molecule has 0 atom stereocenters. The molecule has 7 heteroatoms. The molecule has 0 radical (unpaired) electrons. The Bertz CT molecular complexity index is 540. The normalized spacial score (nSPS) is 8.08. The number of aliphatic hydroxyl groups excluding tert-OH is 2. The zero-order valence-electron chi connectivity index (χ0n) is 14.4. The number of hydrogen-bond donors (Lipinski definition) is 4. The van der Waals surface area contributed by atoms with Crippen molar-refractivity contribution in [3.8, 4) is 0 Å². The molecule has 0 saturated heterocycles. The Morgan fingerprint density at radius 1 is 0.731 bits per heavy atom. The molecule has 140 valence electrons. The van der Waals surface area contributed by atoms with Crippen LogP contribution in [-0.4, -0.2) is 48.8 Å². The number of aliphatic hydroxyl groups is 2. The SMILES string of the molecule is N=C=O.N=C=O.OCCOCCO.c1ccc(Cc2ccccc2)cc1. The summed E-state index contributed by atoms with van der Waals surface area (Å²) >= 11 is 0. The molecule has 0 aliphatic rings. The van der Waals surface area contributed by atoms with E-state index >= 15 is 0 Å². The van der Waals surface area contributed by atoms with E-state index in [1.807, 2.05) is 0 Å². The van der Waals surface area contributed by atoms with E-state index in [2.05, 4.69) is 65.4 Å². The maximum absolute atomic E-state index is 8.35. The van der Waals surface area contributed by atoms with Gasteiger partial charge in [-0.1, -0.05) is 60.7 Å². The summed E-state index contributed by atoms with van der Waals surface area (Å²) in [6, 6.07) is 21.1. The van der Waals surface area contributed by atoms with E-state index in [4.69, 9.17) is 30.6 Å². The molecule has 0 aliphatic heterocycles. The maximum atomic E-state index is 8.35. The molecule has 0 aliphatic carbocycles. The van der Waals surface area contributed by atoms with Crippen LogP contribution in [-0.2, 0) is 20.7 Å². The molecule has 2 aromatic rings. The summed E-state index contributed by atoms with van der Waals surface area (Å²) in [5.74, 6) is 0. The minimum atomic E-state index is 0.0278. The van der Waals surface area contributed by atoms with Crippen molar-refractivity contribution in [3.05, 3.63) is 71.8 Å². The topological polar surface area (TPSA) is 132 Å². The molecule has 0 aromatic heterocycles. The number of carbonyl (C=O) groups excluding carboxylic acids is 2. The fraction of sp³-hybridized carbons (Fsp3) is 0.263. The molecule has 7 nitrogen and oxygen atoms in total. The molecule has 4 N–H and O–H groups in total. The van der Waals surface area contributed by atoms with Crippen LogP contribution < -0.4 is 0 Å². The minimum absolute atomic E-state index is 0.0278. The van der Waals surface area contributed by atoms with Crippen molar-refractivity contribution in [1.82, 2.24) is 0 Å². The first-order chi connectivity index (χ1) is 12.7. The number of hydrogen-bond acceptors (Lipinski definition) is 7. The quantitative estimate of drug-likeness (QED) is 0.356. The van der Waals surface area contributed by atoms with Gasteiger partial charge in [0.1, 0.15) is 0 Å². The summed E-state index contributed by atoms with van der Waals surface area (Å²) in [6.45, 7) is 0.696. The monoisotopic (exact) mass is 360 g/mol. The lowest BCUT2D eigenvalue weighted by Crippen LogP contribution is -2.03.